The highest BCUT2D eigenvalue weighted by Gasteiger charge is 2.22. The van der Waals surface area contributed by atoms with Crippen molar-refractivity contribution in [2.45, 2.75) is 13.8 Å². The average Bonchev–Trinajstić information content (AvgIpc) is 2.63. The molecule has 0 unspecified atom stereocenters. The molecule has 4 N–H and O–H groups in total. The third-order valence-corrected chi connectivity index (χ3v) is 4.59. The van der Waals surface area contributed by atoms with Gasteiger partial charge in [-0.2, -0.15) is 0 Å². The normalized spacial score (nSPS) is 13.8. The van der Waals surface area contributed by atoms with E-state index in [1.165, 1.54) is 0 Å². The number of aryl methyl sites for hydroxylation is 1. The monoisotopic (exact) mass is 433 g/mol. The van der Waals surface area contributed by atoms with Crippen molar-refractivity contribution in [3.05, 3.63) is 29.3 Å². The number of nitrogens with one attached hydrogen (secondary N) is 2. The van der Waals surface area contributed by atoms with Gasteiger partial charge in [-0.05, 0) is 31.0 Å². The first-order valence-electron chi connectivity index (χ1n) is 8.73. The van der Waals surface area contributed by atoms with Crippen LogP contribution in [0.5, 0.6) is 0 Å². The van der Waals surface area contributed by atoms with E-state index in [9.17, 15) is 14.4 Å². The van der Waals surface area contributed by atoms with Gasteiger partial charge in [0.2, 0.25) is 17.7 Å². The molecule has 0 saturated carbocycles. The molecular weight excluding hydrogens is 405 g/mol. The van der Waals surface area contributed by atoms with E-state index in [1.54, 1.807) is 4.90 Å². The SMILES string of the molecule is Cc1cccc(NC(=O)CN2CCN(C(=O)CNC(=O)CN)CC2)c1C.Cl.Cl. The van der Waals surface area contributed by atoms with E-state index in [4.69, 9.17) is 5.73 Å². The van der Waals surface area contributed by atoms with Gasteiger partial charge in [0.25, 0.3) is 0 Å². The molecule has 2 rings (SSSR count). The van der Waals surface area contributed by atoms with Gasteiger partial charge in [-0.25, -0.2) is 0 Å². The number of nitrogens with zero attached hydrogens (tertiary/aromatic N) is 2. The summed E-state index contributed by atoms with van der Waals surface area (Å²) in [6, 6.07) is 5.83. The van der Waals surface area contributed by atoms with E-state index in [2.05, 4.69) is 10.6 Å². The van der Waals surface area contributed by atoms with E-state index < -0.39 is 0 Å². The van der Waals surface area contributed by atoms with Gasteiger partial charge < -0.3 is 21.3 Å². The average molecular weight is 434 g/mol. The molecule has 158 valence electrons. The Bertz CT molecular complexity index is 679. The molecule has 28 heavy (non-hydrogen) atoms. The van der Waals surface area contributed by atoms with Crippen LogP contribution < -0.4 is 16.4 Å². The second-order valence-electron chi connectivity index (χ2n) is 6.43. The number of nitrogens with two attached hydrogens (primary N) is 1. The molecular formula is C18H29Cl2N5O3. The molecule has 0 atom stereocenters. The van der Waals surface area contributed by atoms with Crippen molar-refractivity contribution in [1.82, 2.24) is 15.1 Å². The third kappa shape index (κ3) is 7.63. The number of piperazine rings is 1. The summed E-state index contributed by atoms with van der Waals surface area (Å²) < 4.78 is 0. The highest BCUT2D eigenvalue weighted by Crippen LogP contribution is 2.17. The van der Waals surface area contributed by atoms with Crippen LogP contribution in [0.4, 0.5) is 5.69 Å². The number of benzene rings is 1. The second-order valence-corrected chi connectivity index (χ2v) is 6.43. The van der Waals surface area contributed by atoms with Gasteiger partial charge in [0.15, 0.2) is 0 Å². The molecule has 0 radical (unpaired) electrons. The molecule has 10 heteroatoms. The Hall–Kier alpha value is -1.87. The highest BCUT2D eigenvalue weighted by molar-refractivity contribution is 5.93. The number of halogens is 2. The Labute approximate surface area is 178 Å². The van der Waals surface area contributed by atoms with E-state index in [0.717, 1.165) is 16.8 Å². The minimum Gasteiger partial charge on any atom is -0.346 e. The second kappa shape index (κ2) is 12.6. The molecule has 1 aliphatic rings. The summed E-state index contributed by atoms with van der Waals surface area (Å²) >= 11 is 0. The van der Waals surface area contributed by atoms with Crippen LogP contribution in [0.3, 0.4) is 0 Å². The molecule has 1 heterocycles. The van der Waals surface area contributed by atoms with Crippen molar-refractivity contribution in [3.63, 3.8) is 0 Å². The maximum absolute atomic E-state index is 12.3. The Kier molecular flexibility index (Phi) is 11.7. The fourth-order valence-corrected chi connectivity index (χ4v) is 2.79. The van der Waals surface area contributed by atoms with Gasteiger partial charge in [-0.15, -0.1) is 24.8 Å². The van der Waals surface area contributed by atoms with Gasteiger partial charge in [0.1, 0.15) is 0 Å². The lowest BCUT2D eigenvalue weighted by atomic mass is 10.1. The quantitative estimate of drug-likeness (QED) is 0.597. The zero-order valence-corrected chi connectivity index (χ0v) is 17.8. The lowest BCUT2D eigenvalue weighted by Crippen LogP contribution is -2.52. The topological polar surface area (TPSA) is 108 Å². The molecule has 0 aliphatic carbocycles. The van der Waals surface area contributed by atoms with Crippen molar-refractivity contribution < 1.29 is 14.4 Å². The number of anilines is 1. The fourth-order valence-electron chi connectivity index (χ4n) is 2.79. The maximum Gasteiger partial charge on any atom is 0.242 e. The molecule has 8 nitrogen and oxygen atoms in total. The molecule has 1 saturated heterocycles. The van der Waals surface area contributed by atoms with Crippen molar-refractivity contribution >= 4 is 48.2 Å². The van der Waals surface area contributed by atoms with Crippen LogP contribution in [-0.2, 0) is 14.4 Å². The number of hydrogen-bond donors (Lipinski definition) is 3. The maximum atomic E-state index is 12.3. The predicted octanol–water partition coefficient (Wildman–Crippen LogP) is 0.305. The molecule has 1 fully saturated rings. The van der Waals surface area contributed by atoms with Crippen LogP contribution >= 0.6 is 24.8 Å². The predicted molar refractivity (Wildman–Crippen MR) is 114 cm³/mol. The number of carbonyl (C=O) groups is 3. The van der Waals surface area contributed by atoms with Gasteiger partial charge in [0, 0.05) is 31.9 Å². The van der Waals surface area contributed by atoms with Crippen LogP contribution in [0, 0.1) is 13.8 Å². The Balaban J connectivity index is 0.00000364. The van der Waals surface area contributed by atoms with E-state index >= 15 is 0 Å². The van der Waals surface area contributed by atoms with Crippen molar-refractivity contribution in [2.75, 3.05) is 51.1 Å². The minimum atomic E-state index is -0.347. The molecule has 3 amide bonds. The summed E-state index contributed by atoms with van der Waals surface area (Å²) in [4.78, 5) is 39.1. The first-order chi connectivity index (χ1) is 12.4. The lowest BCUT2D eigenvalue weighted by Gasteiger charge is -2.34. The summed E-state index contributed by atoms with van der Waals surface area (Å²) in [5.74, 6) is -0.542. The Morgan fingerprint density at radius 3 is 2.29 bits per heavy atom. The van der Waals surface area contributed by atoms with Crippen LogP contribution in [0.25, 0.3) is 0 Å². The highest BCUT2D eigenvalue weighted by atomic mass is 35.5. The van der Waals surface area contributed by atoms with Gasteiger partial charge >= 0.3 is 0 Å². The molecule has 0 spiro atoms. The zero-order chi connectivity index (χ0) is 19.1. The Morgan fingerprint density at radius 2 is 1.68 bits per heavy atom. The molecule has 1 aromatic carbocycles. The minimum absolute atomic E-state index is 0. The fraction of sp³-hybridized carbons (Fsp3) is 0.500. The van der Waals surface area contributed by atoms with Crippen LogP contribution in [-0.4, -0.2) is 73.3 Å². The van der Waals surface area contributed by atoms with Crippen LogP contribution in [0.2, 0.25) is 0 Å². The standard InChI is InChI=1S/C18H27N5O3.2ClH/c1-13-4-3-5-15(14(13)2)21-17(25)12-22-6-8-23(9-7-22)18(26)11-20-16(24)10-19;;/h3-5H,6-12,19H2,1-2H3,(H,20,24)(H,21,25);2*1H. The summed E-state index contributed by atoms with van der Waals surface area (Å²) in [5.41, 5.74) is 8.23. The molecule has 1 aliphatic heterocycles. The number of hydrogen-bond acceptors (Lipinski definition) is 5. The number of carbonyl (C=O) groups excluding carboxylic acids is 3. The smallest absolute Gasteiger partial charge is 0.242 e. The van der Waals surface area contributed by atoms with Crippen molar-refractivity contribution in [2.24, 2.45) is 5.73 Å². The molecule has 1 aromatic rings. The lowest BCUT2D eigenvalue weighted by molar-refractivity contribution is -0.134. The summed E-state index contributed by atoms with van der Waals surface area (Å²) in [5, 5.41) is 5.43. The van der Waals surface area contributed by atoms with Crippen molar-refractivity contribution in [1.29, 1.82) is 0 Å². The first kappa shape index (κ1) is 26.1. The Morgan fingerprint density at radius 1 is 1.04 bits per heavy atom. The summed E-state index contributed by atoms with van der Waals surface area (Å²) in [6.07, 6.45) is 0. The van der Waals surface area contributed by atoms with E-state index in [-0.39, 0.29) is 55.6 Å². The number of amides is 3. The van der Waals surface area contributed by atoms with Crippen LogP contribution in [0.15, 0.2) is 18.2 Å². The zero-order valence-electron chi connectivity index (χ0n) is 16.2. The first-order valence-corrected chi connectivity index (χ1v) is 8.73. The summed E-state index contributed by atoms with van der Waals surface area (Å²) in [6.45, 7) is 6.44. The van der Waals surface area contributed by atoms with Gasteiger partial charge in [-0.1, -0.05) is 12.1 Å². The molecule has 0 bridgehead atoms. The van der Waals surface area contributed by atoms with E-state index in [1.807, 2.05) is 36.9 Å². The number of rotatable bonds is 6. The largest absolute Gasteiger partial charge is 0.346 e. The third-order valence-electron chi connectivity index (χ3n) is 4.59. The van der Waals surface area contributed by atoms with Gasteiger partial charge in [-0.3, -0.25) is 19.3 Å². The van der Waals surface area contributed by atoms with E-state index in [0.29, 0.717) is 32.7 Å². The van der Waals surface area contributed by atoms with Crippen molar-refractivity contribution in [3.8, 4) is 0 Å². The summed E-state index contributed by atoms with van der Waals surface area (Å²) in [7, 11) is 0. The molecule has 0 aromatic heterocycles. The van der Waals surface area contributed by atoms with Crippen LogP contribution in [0.1, 0.15) is 11.1 Å². The van der Waals surface area contributed by atoms with Gasteiger partial charge in [0.05, 0.1) is 19.6 Å².